The Morgan fingerprint density at radius 3 is 2.88 bits per heavy atom. The number of hydrogen-bond donors (Lipinski definition) is 1. The van der Waals surface area contributed by atoms with E-state index in [0.717, 1.165) is 19.7 Å². The van der Waals surface area contributed by atoms with E-state index in [2.05, 4.69) is 37.9 Å². The van der Waals surface area contributed by atoms with Crippen molar-refractivity contribution in [1.82, 2.24) is 10.2 Å². The molecule has 100 valence electrons. The van der Waals surface area contributed by atoms with Gasteiger partial charge in [0.05, 0.1) is 12.7 Å². The second kappa shape index (κ2) is 5.25. The largest absolute Gasteiger partial charge is 0.374 e. The van der Waals surface area contributed by atoms with Crippen molar-refractivity contribution >= 4 is 0 Å². The molecule has 0 unspecified atom stereocenters. The Hall–Kier alpha value is -0.120. The van der Waals surface area contributed by atoms with Crippen LogP contribution in [-0.2, 0) is 4.74 Å². The van der Waals surface area contributed by atoms with E-state index in [1.165, 1.54) is 19.4 Å². The van der Waals surface area contributed by atoms with Crippen molar-refractivity contribution in [3.05, 3.63) is 0 Å². The number of hydrogen-bond acceptors (Lipinski definition) is 3. The first-order valence-corrected chi connectivity index (χ1v) is 7.06. The van der Waals surface area contributed by atoms with Gasteiger partial charge in [-0.1, -0.05) is 20.8 Å². The van der Waals surface area contributed by atoms with Crippen LogP contribution in [0.15, 0.2) is 0 Å². The van der Waals surface area contributed by atoms with Crippen LogP contribution in [0.2, 0.25) is 0 Å². The Bertz CT molecular complexity index is 249. The van der Waals surface area contributed by atoms with Crippen LogP contribution >= 0.6 is 0 Å². The molecule has 2 rings (SSSR count). The summed E-state index contributed by atoms with van der Waals surface area (Å²) in [5, 5.41) is 3.62. The maximum atomic E-state index is 5.95. The summed E-state index contributed by atoms with van der Waals surface area (Å²) in [5.74, 6) is 0. The number of ether oxygens (including phenoxy) is 1. The molecule has 3 atom stereocenters. The molecule has 2 heterocycles. The Morgan fingerprint density at radius 1 is 1.41 bits per heavy atom. The van der Waals surface area contributed by atoms with Gasteiger partial charge in [-0.2, -0.15) is 0 Å². The van der Waals surface area contributed by atoms with Crippen LogP contribution in [-0.4, -0.2) is 49.3 Å². The molecular weight excluding hydrogens is 212 g/mol. The summed E-state index contributed by atoms with van der Waals surface area (Å²) in [6.45, 7) is 13.4. The Morgan fingerprint density at radius 2 is 2.18 bits per heavy atom. The minimum atomic E-state index is 0.324. The van der Waals surface area contributed by atoms with Gasteiger partial charge >= 0.3 is 0 Å². The summed E-state index contributed by atoms with van der Waals surface area (Å²) < 4.78 is 5.95. The number of nitrogens with one attached hydrogen (secondary N) is 1. The third kappa shape index (κ3) is 3.43. The first-order valence-electron chi connectivity index (χ1n) is 7.06. The third-order valence-electron chi connectivity index (χ3n) is 4.41. The normalized spacial score (nSPS) is 32.5. The highest BCUT2D eigenvalue weighted by Crippen LogP contribution is 2.23. The van der Waals surface area contributed by atoms with Gasteiger partial charge < -0.3 is 10.1 Å². The Balaban J connectivity index is 1.73. The van der Waals surface area contributed by atoms with Crippen molar-refractivity contribution in [3.8, 4) is 0 Å². The minimum Gasteiger partial charge on any atom is -0.374 e. The quantitative estimate of drug-likeness (QED) is 0.815. The second-order valence-corrected chi connectivity index (χ2v) is 6.74. The van der Waals surface area contributed by atoms with E-state index in [1.807, 2.05) is 0 Å². The summed E-state index contributed by atoms with van der Waals surface area (Å²) in [5.41, 5.74) is 0.324. The van der Waals surface area contributed by atoms with E-state index in [0.29, 0.717) is 23.6 Å². The van der Waals surface area contributed by atoms with Crippen molar-refractivity contribution in [2.45, 2.75) is 58.7 Å². The molecule has 0 aromatic rings. The van der Waals surface area contributed by atoms with Gasteiger partial charge in [0, 0.05) is 25.2 Å². The highest BCUT2D eigenvalue weighted by Gasteiger charge is 2.32. The highest BCUT2D eigenvalue weighted by atomic mass is 16.5. The van der Waals surface area contributed by atoms with Crippen LogP contribution in [0.5, 0.6) is 0 Å². The molecule has 2 saturated heterocycles. The monoisotopic (exact) mass is 240 g/mol. The predicted molar refractivity (Wildman–Crippen MR) is 71.3 cm³/mol. The smallest absolute Gasteiger partial charge is 0.0827 e. The number of morpholine rings is 1. The zero-order valence-electron chi connectivity index (χ0n) is 11.8. The summed E-state index contributed by atoms with van der Waals surface area (Å²) in [4.78, 5) is 2.61. The summed E-state index contributed by atoms with van der Waals surface area (Å²) >= 11 is 0. The van der Waals surface area contributed by atoms with Crippen LogP contribution in [0.1, 0.15) is 40.5 Å². The lowest BCUT2D eigenvalue weighted by atomic mass is 9.88. The third-order valence-corrected chi connectivity index (χ3v) is 4.41. The van der Waals surface area contributed by atoms with Crippen LogP contribution in [0.3, 0.4) is 0 Å². The first kappa shape index (κ1) is 13.3. The minimum absolute atomic E-state index is 0.324. The van der Waals surface area contributed by atoms with Gasteiger partial charge in [-0.3, -0.25) is 4.90 Å². The molecule has 0 saturated carbocycles. The lowest BCUT2D eigenvalue weighted by Gasteiger charge is -2.37. The molecule has 2 aliphatic rings. The van der Waals surface area contributed by atoms with Gasteiger partial charge in [-0.25, -0.2) is 0 Å². The van der Waals surface area contributed by atoms with Crippen molar-refractivity contribution < 1.29 is 4.74 Å². The zero-order valence-corrected chi connectivity index (χ0v) is 11.8. The fraction of sp³-hybridized carbons (Fsp3) is 1.00. The maximum Gasteiger partial charge on any atom is 0.0827 e. The van der Waals surface area contributed by atoms with Crippen molar-refractivity contribution in [3.63, 3.8) is 0 Å². The van der Waals surface area contributed by atoms with E-state index in [-0.39, 0.29) is 0 Å². The Labute approximate surface area is 106 Å². The molecule has 3 heteroatoms. The molecule has 17 heavy (non-hydrogen) atoms. The topological polar surface area (TPSA) is 24.5 Å². The molecule has 2 aliphatic heterocycles. The molecule has 3 nitrogen and oxygen atoms in total. The fourth-order valence-corrected chi connectivity index (χ4v) is 2.62. The maximum absolute atomic E-state index is 5.95. The van der Waals surface area contributed by atoms with Crippen LogP contribution in [0.25, 0.3) is 0 Å². The fourth-order valence-electron chi connectivity index (χ4n) is 2.62. The molecular formula is C14H28N2O. The SMILES string of the molecule is C[C@H](NC[C@@H]1CN2CCC[C@H]2CO1)C(C)(C)C. The van der Waals surface area contributed by atoms with E-state index < -0.39 is 0 Å². The molecule has 1 N–H and O–H groups in total. The van der Waals surface area contributed by atoms with E-state index in [9.17, 15) is 0 Å². The van der Waals surface area contributed by atoms with Crippen molar-refractivity contribution in [2.24, 2.45) is 5.41 Å². The van der Waals surface area contributed by atoms with Crippen LogP contribution in [0, 0.1) is 5.41 Å². The van der Waals surface area contributed by atoms with Gasteiger partial charge in [0.15, 0.2) is 0 Å². The number of nitrogens with zero attached hydrogens (tertiary/aromatic N) is 1. The molecule has 0 aromatic heterocycles. The average Bonchev–Trinajstić information content (AvgIpc) is 2.71. The number of fused-ring (bicyclic) bond motifs is 1. The molecule has 2 fully saturated rings. The van der Waals surface area contributed by atoms with Crippen molar-refractivity contribution in [2.75, 3.05) is 26.2 Å². The molecule has 0 bridgehead atoms. The lowest BCUT2D eigenvalue weighted by molar-refractivity contribution is -0.0487. The van der Waals surface area contributed by atoms with E-state index in [1.54, 1.807) is 0 Å². The van der Waals surface area contributed by atoms with Gasteiger partial charge in [0.25, 0.3) is 0 Å². The van der Waals surface area contributed by atoms with Gasteiger partial charge in [0.2, 0.25) is 0 Å². The molecule has 0 aromatic carbocycles. The molecule has 0 amide bonds. The number of rotatable bonds is 3. The first-order chi connectivity index (χ1) is 7.97. The average molecular weight is 240 g/mol. The summed E-state index contributed by atoms with van der Waals surface area (Å²) in [6.07, 6.45) is 3.07. The van der Waals surface area contributed by atoms with Gasteiger partial charge in [0.1, 0.15) is 0 Å². The molecule has 0 radical (unpaired) electrons. The van der Waals surface area contributed by atoms with E-state index >= 15 is 0 Å². The van der Waals surface area contributed by atoms with Crippen molar-refractivity contribution in [1.29, 1.82) is 0 Å². The standard InChI is InChI=1S/C14H28N2O/c1-11(14(2,3)4)15-8-13-9-16-7-5-6-12(16)10-17-13/h11-13,15H,5-10H2,1-4H3/t11-,12-,13+/m0/s1. The zero-order chi connectivity index (χ0) is 12.5. The lowest BCUT2D eigenvalue weighted by Crippen LogP contribution is -2.51. The summed E-state index contributed by atoms with van der Waals surface area (Å²) in [7, 11) is 0. The second-order valence-electron chi connectivity index (χ2n) is 6.74. The van der Waals surface area contributed by atoms with E-state index in [4.69, 9.17) is 4.74 Å². The predicted octanol–water partition coefficient (Wildman–Crippen LogP) is 1.87. The highest BCUT2D eigenvalue weighted by molar-refractivity contribution is 4.87. The van der Waals surface area contributed by atoms with Gasteiger partial charge in [-0.05, 0) is 31.7 Å². The van der Waals surface area contributed by atoms with Gasteiger partial charge in [-0.15, -0.1) is 0 Å². The molecule has 0 aliphatic carbocycles. The summed E-state index contributed by atoms with van der Waals surface area (Å²) in [6, 6.07) is 1.24. The molecule has 0 spiro atoms. The van der Waals surface area contributed by atoms with Crippen LogP contribution < -0.4 is 5.32 Å². The van der Waals surface area contributed by atoms with Crippen LogP contribution in [0.4, 0.5) is 0 Å². The Kier molecular flexibility index (Phi) is 4.11.